The van der Waals surface area contributed by atoms with Crippen LogP contribution in [0, 0.1) is 0 Å². The van der Waals surface area contributed by atoms with Crippen molar-refractivity contribution in [3.05, 3.63) is 34.9 Å². The van der Waals surface area contributed by atoms with E-state index in [1.54, 1.807) is 4.90 Å². The van der Waals surface area contributed by atoms with Crippen LogP contribution in [0.5, 0.6) is 0 Å². The van der Waals surface area contributed by atoms with Crippen molar-refractivity contribution in [3.8, 4) is 0 Å². The van der Waals surface area contributed by atoms with Crippen molar-refractivity contribution in [3.63, 3.8) is 0 Å². The van der Waals surface area contributed by atoms with Crippen LogP contribution in [-0.2, 0) is 14.9 Å². The average Bonchev–Trinajstić information content (AvgIpc) is 3.14. The number of halogens is 2. The number of aliphatic imine (C=N–C) groups is 1. The number of nitrogens with one attached hydrogen (secondary N) is 1. The van der Waals surface area contributed by atoms with Crippen molar-refractivity contribution < 1.29 is 14.3 Å². The Balaban J connectivity index is 0.00000289. The monoisotopic (exact) mass is 576 g/mol. The van der Waals surface area contributed by atoms with Crippen LogP contribution in [0.2, 0.25) is 5.02 Å². The smallest absolute Gasteiger partial charge is 0.410 e. The molecule has 1 N–H and O–H groups in total. The molecule has 178 valence electrons. The lowest BCUT2D eigenvalue weighted by Gasteiger charge is -2.41. The van der Waals surface area contributed by atoms with Crippen LogP contribution in [0.3, 0.4) is 0 Å². The van der Waals surface area contributed by atoms with Gasteiger partial charge in [-0.1, -0.05) is 23.7 Å². The topological polar surface area (TPSA) is 66.4 Å². The van der Waals surface area contributed by atoms with Crippen molar-refractivity contribution in [1.82, 2.24) is 15.1 Å². The molecule has 0 saturated carbocycles. The van der Waals surface area contributed by atoms with Gasteiger partial charge >= 0.3 is 6.09 Å². The number of benzene rings is 1. The molecule has 1 unspecified atom stereocenters. The average molecular weight is 577 g/mol. The number of carbonyl (C=O) groups excluding carboxylic acids is 1. The fourth-order valence-electron chi connectivity index (χ4n) is 4.62. The Morgan fingerprint density at radius 2 is 2.06 bits per heavy atom. The van der Waals surface area contributed by atoms with Gasteiger partial charge in [0.2, 0.25) is 0 Å². The molecule has 0 aromatic heterocycles. The molecule has 3 aliphatic heterocycles. The van der Waals surface area contributed by atoms with Gasteiger partial charge < -0.3 is 24.6 Å². The van der Waals surface area contributed by atoms with Gasteiger partial charge in [-0.15, -0.1) is 24.0 Å². The highest BCUT2D eigenvalue weighted by Gasteiger charge is 2.39. The fourth-order valence-corrected chi connectivity index (χ4v) is 4.81. The van der Waals surface area contributed by atoms with Gasteiger partial charge in [0.1, 0.15) is 5.60 Å². The fraction of sp³-hybridized carbons (Fsp3) is 0.652. The van der Waals surface area contributed by atoms with E-state index < -0.39 is 5.60 Å². The summed E-state index contributed by atoms with van der Waals surface area (Å²) in [6.45, 7) is 10.7. The molecule has 1 amide bonds. The number of carbonyl (C=O) groups is 1. The first kappa shape index (κ1) is 25.4. The van der Waals surface area contributed by atoms with Crippen LogP contribution in [-0.4, -0.2) is 79.4 Å². The predicted molar refractivity (Wildman–Crippen MR) is 137 cm³/mol. The molecule has 0 radical (unpaired) electrons. The zero-order chi connectivity index (χ0) is 22.1. The molecule has 3 aliphatic rings. The van der Waals surface area contributed by atoms with E-state index in [0.717, 1.165) is 50.1 Å². The Bertz CT molecular complexity index is 839. The summed E-state index contributed by atoms with van der Waals surface area (Å²) in [5.74, 6) is 0.932. The van der Waals surface area contributed by atoms with Gasteiger partial charge in [0.05, 0.1) is 12.6 Å². The summed E-state index contributed by atoms with van der Waals surface area (Å²) in [6, 6.07) is 8.38. The molecule has 0 bridgehead atoms. The number of amides is 1. The number of rotatable bonds is 3. The molecule has 2 fully saturated rings. The molecule has 0 aliphatic carbocycles. The second-order valence-electron chi connectivity index (χ2n) is 9.69. The van der Waals surface area contributed by atoms with Crippen molar-refractivity contribution in [2.75, 3.05) is 45.9 Å². The normalized spacial score (nSPS) is 22.5. The van der Waals surface area contributed by atoms with Gasteiger partial charge in [-0.2, -0.15) is 0 Å². The number of hydrogen-bond donors (Lipinski definition) is 1. The Morgan fingerprint density at radius 3 is 2.75 bits per heavy atom. The summed E-state index contributed by atoms with van der Waals surface area (Å²) in [5, 5.41) is 4.40. The first-order valence-electron chi connectivity index (χ1n) is 11.1. The number of nitrogens with zero attached hydrogens (tertiary/aromatic N) is 3. The van der Waals surface area contributed by atoms with E-state index in [-0.39, 0.29) is 41.5 Å². The standard InChI is InChI=1S/C23H33ClN4O3.HI/c1-22(2,3)31-21(29)27-9-10-28-19(15-27)14-25-20(28)26-16-23(7-11-30-12-8-23)17-5-4-6-18(24)13-17;/h4-6,13,19H,7-12,14-16H2,1-3H3,(H,25,26);1H. The molecule has 3 heterocycles. The third-order valence-corrected chi connectivity index (χ3v) is 6.57. The van der Waals surface area contributed by atoms with Gasteiger partial charge in [0.25, 0.3) is 0 Å². The third kappa shape index (κ3) is 5.80. The first-order chi connectivity index (χ1) is 14.8. The lowest BCUT2D eigenvalue weighted by Crippen LogP contribution is -2.58. The van der Waals surface area contributed by atoms with Crippen molar-refractivity contribution in [2.45, 2.75) is 50.7 Å². The highest BCUT2D eigenvalue weighted by Crippen LogP contribution is 2.35. The molecule has 1 aromatic carbocycles. The van der Waals surface area contributed by atoms with Gasteiger partial charge in [0, 0.05) is 49.8 Å². The minimum absolute atomic E-state index is 0. The minimum atomic E-state index is -0.481. The Morgan fingerprint density at radius 1 is 1.31 bits per heavy atom. The zero-order valence-electron chi connectivity index (χ0n) is 19.1. The van der Waals surface area contributed by atoms with Crippen LogP contribution in [0.15, 0.2) is 29.3 Å². The molecular formula is C23H34ClIN4O3. The maximum Gasteiger partial charge on any atom is 0.410 e. The number of piperazine rings is 1. The molecule has 1 aromatic rings. The molecule has 0 spiro atoms. The van der Waals surface area contributed by atoms with Crippen molar-refractivity contribution >= 4 is 47.6 Å². The molecule has 7 nitrogen and oxygen atoms in total. The second kappa shape index (κ2) is 10.3. The highest BCUT2D eigenvalue weighted by atomic mass is 127. The van der Waals surface area contributed by atoms with Gasteiger partial charge in [-0.3, -0.25) is 4.99 Å². The van der Waals surface area contributed by atoms with Crippen molar-refractivity contribution in [2.24, 2.45) is 4.99 Å². The zero-order valence-corrected chi connectivity index (χ0v) is 22.2. The Kier molecular flexibility index (Phi) is 8.20. The van der Waals surface area contributed by atoms with E-state index in [1.165, 1.54) is 5.56 Å². The van der Waals surface area contributed by atoms with E-state index in [1.807, 2.05) is 32.9 Å². The molecule has 1 atom stereocenters. The molecule has 9 heteroatoms. The summed E-state index contributed by atoms with van der Waals surface area (Å²) in [5.41, 5.74) is 0.744. The maximum atomic E-state index is 12.5. The van der Waals surface area contributed by atoms with Crippen LogP contribution in [0.4, 0.5) is 4.79 Å². The summed E-state index contributed by atoms with van der Waals surface area (Å²) < 4.78 is 11.2. The number of hydrogen-bond acceptors (Lipinski definition) is 6. The van der Waals surface area contributed by atoms with E-state index in [2.05, 4.69) is 22.3 Å². The molecule has 32 heavy (non-hydrogen) atoms. The Hall–Kier alpha value is -1.26. The van der Waals surface area contributed by atoms with E-state index in [9.17, 15) is 4.79 Å². The van der Waals surface area contributed by atoms with Crippen LogP contribution in [0.25, 0.3) is 0 Å². The molecular weight excluding hydrogens is 543 g/mol. The van der Waals surface area contributed by atoms with E-state index in [0.29, 0.717) is 19.6 Å². The number of ether oxygens (including phenoxy) is 2. The van der Waals surface area contributed by atoms with Crippen LogP contribution in [0.1, 0.15) is 39.2 Å². The van der Waals surface area contributed by atoms with E-state index in [4.69, 9.17) is 26.1 Å². The lowest BCUT2D eigenvalue weighted by molar-refractivity contribution is 0.0136. The molecule has 2 saturated heterocycles. The predicted octanol–water partition coefficient (Wildman–Crippen LogP) is 3.89. The third-order valence-electron chi connectivity index (χ3n) is 6.33. The largest absolute Gasteiger partial charge is 0.444 e. The summed E-state index contributed by atoms with van der Waals surface area (Å²) in [7, 11) is 0. The lowest BCUT2D eigenvalue weighted by atomic mass is 9.74. The van der Waals surface area contributed by atoms with Gasteiger partial charge in [-0.25, -0.2) is 4.79 Å². The van der Waals surface area contributed by atoms with Crippen molar-refractivity contribution in [1.29, 1.82) is 0 Å². The quantitative estimate of drug-likeness (QED) is 0.554. The van der Waals surface area contributed by atoms with Gasteiger partial charge in [0.15, 0.2) is 5.96 Å². The first-order valence-corrected chi connectivity index (χ1v) is 11.5. The minimum Gasteiger partial charge on any atom is -0.444 e. The molecule has 4 rings (SSSR count). The summed E-state index contributed by atoms with van der Waals surface area (Å²) >= 11 is 6.30. The number of guanidine groups is 1. The SMILES string of the molecule is CC(C)(C)OC(=O)N1CCN2C(NCC3(c4cccc(Cl)c4)CCOCC3)=NCC2C1.I. The van der Waals surface area contributed by atoms with Crippen LogP contribution < -0.4 is 5.32 Å². The number of fused-ring (bicyclic) bond motifs is 1. The summed E-state index contributed by atoms with van der Waals surface area (Å²) in [6.07, 6.45) is 1.66. The van der Waals surface area contributed by atoms with Gasteiger partial charge in [-0.05, 0) is 51.3 Å². The second-order valence-corrected chi connectivity index (χ2v) is 10.1. The highest BCUT2D eigenvalue weighted by molar-refractivity contribution is 14.0. The van der Waals surface area contributed by atoms with E-state index >= 15 is 0 Å². The Labute approximate surface area is 212 Å². The maximum absolute atomic E-state index is 12.5. The summed E-state index contributed by atoms with van der Waals surface area (Å²) in [4.78, 5) is 21.3. The van der Waals surface area contributed by atoms with Crippen LogP contribution >= 0.6 is 35.6 Å².